The van der Waals surface area contributed by atoms with Crippen LogP contribution >= 0.6 is 0 Å². The molecule has 8 nitrogen and oxygen atoms in total. The second-order valence-corrected chi connectivity index (χ2v) is 13.0. The highest BCUT2D eigenvalue weighted by Crippen LogP contribution is 2.42. The third kappa shape index (κ3) is 9.43. The summed E-state index contributed by atoms with van der Waals surface area (Å²) in [5.41, 5.74) is 8.16. The van der Waals surface area contributed by atoms with E-state index in [1.165, 1.54) is 0 Å². The molecule has 50 heavy (non-hydrogen) atoms. The molecule has 1 aliphatic heterocycles. The van der Waals surface area contributed by atoms with Gasteiger partial charge < -0.3 is 30.1 Å². The fraction of sp³-hybridized carbons (Fsp3) is 0.286. The van der Waals surface area contributed by atoms with Gasteiger partial charge in [0, 0.05) is 56.0 Å². The predicted octanol–water partition coefficient (Wildman–Crippen LogP) is 7.21. The number of likely N-dealkylation sites (N-methyl/N-ethyl adjacent to an activating group) is 1. The number of rotatable bonds is 13. The first-order valence-electron chi connectivity index (χ1n) is 17.3. The molecule has 0 saturated carbocycles. The summed E-state index contributed by atoms with van der Waals surface area (Å²) in [6.07, 6.45) is 1.92. The summed E-state index contributed by atoms with van der Waals surface area (Å²) in [6, 6.07) is 40.2. The monoisotopic (exact) mass is 670 g/mol. The molecule has 1 aromatic heterocycles. The molecular formula is C42H46N4O4. The van der Waals surface area contributed by atoms with Gasteiger partial charge in [-0.2, -0.15) is 0 Å². The number of pyridine rings is 1. The topological polar surface area (TPSA) is 96.0 Å². The summed E-state index contributed by atoms with van der Waals surface area (Å²) in [6.45, 7) is 4.72. The van der Waals surface area contributed by atoms with E-state index >= 15 is 0 Å². The van der Waals surface area contributed by atoms with Crippen molar-refractivity contribution in [2.75, 3.05) is 20.1 Å². The fourth-order valence-corrected chi connectivity index (χ4v) is 6.29. The van der Waals surface area contributed by atoms with Crippen LogP contribution in [0.15, 0.2) is 128 Å². The Labute approximate surface area is 295 Å². The molecule has 2 heterocycles. The average Bonchev–Trinajstić information content (AvgIpc) is 3.17. The van der Waals surface area contributed by atoms with E-state index in [2.05, 4.69) is 89.1 Å². The van der Waals surface area contributed by atoms with Crippen molar-refractivity contribution in [3.8, 4) is 11.1 Å². The van der Waals surface area contributed by atoms with E-state index in [-0.39, 0.29) is 30.8 Å². The summed E-state index contributed by atoms with van der Waals surface area (Å²) in [4.78, 5) is 19.2. The minimum absolute atomic E-state index is 0.00659. The molecule has 1 saturated heterocycles. The minimum atomic E-state index is -0.540. The lowest BCUT2D eigenvalue weighted by atomic mass is 9.90. The van der Waals surface area contributed by atoms with Crippen LogP contribution in [0.25, 0.3) is 11.1 Å². The van der Waals surface area contributed by atoms with Crippen LogP contribution in [0, 0.1) is 5.92 Å². The Morgan fingerprint density at radius 1 is 0.760 bits per heavy atom. The quantitative estimate of drug-likeness (QED) is 0.123. The van der Waals surface area contributed by atoms with E-state index in [9.17, 15) is 9.90 Å². The second-order valence-electron chi connectivity index (χ2n) is 13.0. The number of hydrogen-bond donors (Lipinski definition) is 3. The van der Waals surface area contributed by atoms with Crippen LogP contribution in [-0.4, -0.2) is 47.3 Å². The van der Waals surface area contributed by atoms with E-state index in [4.69, 9.17) is 9.47 Å². The lowest BCUT2D eigenvalue weighted by molar-refractivity contribution is -0.275. The Balaban J connectivity index is 1.12. The van der Waals surface area contributed by atoms with Gasteiger partial charge >= 0.3 is 6.03 Å². The number of benzene rings is 4. The molecule has 0 spiro atoms. The van der Waals surface area contributed by atoms with Gasteiger partial charge in [0.25, 0.3) is 0 Å². The molecule has 4 atom stereocenters. The molecule has 0 bridgehead atoms. The molecule has 0 aliphatic carbocycles. The highest BCUT2D eigenvalue weighted by molar-refractivity contribution is 5.74. The summed E-state index contributed by atoms with van der Waals surface area (Å²) < 4.78 is 13.4. The number of aliphatic hydroxyl groups excluding tert-OH is 1. The van der Waals surface area contributed by atoms with Crippen molar-refractivity contribution in [3.05, 3.63) is 161 Å². The number of aromatic nitrogens is 1. The number of ether oxygens (including phenoxy) is 2. The average molecular weight is 671 g/mol. The van der Waals surface area contributed by atoms with Crippen molar-refractivity contribution in [2.45, 2.75) is 51.5 Å². The summed E-state index contributed by atoms with van der Waals surface area (Å²) in [5.74, 6) is 0.0968. The van der Waals surface area contributed by atoms with E-state index in [1.807, 2.05) is 72.9 Å². The molecule has 1 aliphatic rings. The van der Waals surface area contributed by atoms with Gasteiger partial charge in [0.1, 0.15) is 0 Å². The van der Waals surface area contributed by atoms with Crippen LogP contribution in [0.3, 0.4) is 0 Å². The Morgan fingerprint density at radius 2 is 1.46 bits per heavy atom. The number of aliphatic hydroxyl groups is 1. The number of urea groups is 1. The van der Waals surface area contributed by atoms with E-state index < -0.39 is 6.29 Å². The van der Waals surface area contributed by atoms with Gasteiger partial charge in [0.05, 0.1) is 18.8 Å². The van der Waals surface area contributed by atoms with Crippen molar-refractivity contribution >= 4 is 6.03 Å². The normalized spacial score (nSPS) is 18.9. The van der Waals surface area contributed by atoms with E-state index in [0.29, 0.717) is 13.1 Å². The largest absolute Gasteiger partial charge is 0.392 e. The van der Waals surface area contributed by atoms with Gasteiger partial charge in [-0.25, -0.2) is 4.79 Å². The number of nitrogens with zero attached hydrogens (tertiary/aromatic N) is 2. The Hall–Kier alpha value is -4.86. The molecule has 1 fully saturated rings. The van der Waals surface area contributed by atoms with E-state index in [1.54, 1.807) is 0 Å². The first-order valence-corrected chi connectivity index (χ1v) is 17.3. The van der Waals surface area contributed by atoms with Gasteiger partial charge in [-0.05, 0) is 58.6 Å². The molecule has 4 unspecified atom stereocenters. The zero-order valence-electron chi connectivity index (χ0n) is 28.7. The van der Waals surface area contributed by atoms with Crippen LogP contribution in [0.2, 0.25) is 0 Å². The molecular weight excluding hydrogens is 624 g/mol. The molecule has 5 aromatic rings. The number of nitrogens with one attached hydrogen (secondary N) is 2. The lowest BCUT2D eigenvalue weighted by Crippen LogP contribution is -2.43. The number of hydrogen-bond acceptors (Lipinski definition) is 6. The van der Waals surface area contributed by atoms with Crippen molar-refractivity contribution in [1.82, 2.24) is 20.5 Å². The Morgan fingerprint density at radius 3 is 2.18 bits per heavy atom. The molecule has 4 aromatic carbocycles. The summed E-state index contributed by atoms with van der Waals surface area (Å²) >= 11 is 0. The standard InChI is InChI=1S/C42H46N4O4/c1-30-39(28-46(2)24-22-38-13-6-7-23-43-38)49-41(50-40(30)35-16-14-32(29-47)15-17-35)36-20-18-34(19-21-36)37-12-8-11-33(25-37)27-45-42(48)44-26-31-9-4-3-5-10-31/h3-21,23,25,30,39-41,47H,22,24,26-29H2,1-2H3,(H2,44,45,48). The maximum atomic E-state index is 12.4. The highest BCUT2D eigenvalue weighted by atomic mass is 16.7. The molecule has 2 amide bonds. The molecule has 6 rings (SSSR count). The van der Waals surface area contributed by atoms with Crippen LogP contribution in [0.4, 0.5) is 4.79 Å². The first kappa shape index (κ1) is 35.0. The van der Waals surface area contributed by atoms with Crippen molar-refractivity contribution in [3.63, 3.8) is 0 Å². The van der Waals surface area contributed by atoms with Gasteiger partial charge in [0.15, 0.2) is 6.29 Å². The van der Waals surface area contributed by atoms with E-state index in [0.717, 1.165) is 64.1 Å². The molecule has 8 heteroatoms. The zero-order valence-corrected chi connectivity index (χ0v) is 28.7. The van der Waals surface area contributed by atoms with Gasteiger partial charge in [0.2, 0.25) is 0 Å². The second kappa shape index (κ2) is 17.2. The SMILES string of the molecule is CC1C(CN(C)CCc2ccccn2)OC(c2ccc(-c3cccc(CNC(=O)NCc4ccccc4)c3)cc2)OC1c1ccc(CO)cc1. The highest BCUT2D eigenvalue weighted by Gasteiger charge is 2.38. The minimum Gasteiger partial charge on any atom is -0.392 e. The zero-order chi connectivity index (χ0) is 34.7. The van der Waals surface area contributed by atoms with Crippen LogP contribution < -0.4 is 10.6 Å². The Bertz CT molecular complexity index is 1790. The van der Waals surface area contributed by atoms with Crippen LogP contribution in [0.1, 0.15) is 52.8 Å². The summed E-state index contributed by atoms with van der Waals surface area (Å²) in [7, 11) is 2.13. The van der Waals surface area contributed by atoms with Crippen molar-refractivity contribution < 1.29 is 19.4 Å². The summed E-state index contributed by atoms with van der Waals surface area (Å²) in [5, 5.41) is 15.5. The number of carbonyl (C=O) groups excluding carboxylic acids is 1. The van der Waals surface area contributed by atoms with Crippen molar-refractivity contribution in [1.29, 1.82) is 0 Å². The third-order valence-electron chi connectivity index (χ3n) is 9.28. The van der Waals surface area contributed by atoms with Crippen LogP contribution in [0.5, 0.6) is 0 Å². The van der Waals surface area contributed by atoms with Gasteiger partial charge in [-0.15, -0.1) is 0 Å². The molecule has 258 valence electrons. The molecule has 0 radical (unpaired) electrons. The fourth-order valence-electron chi connectivity index (χ4n) is 6.29. The maximum absolute atomic E-state index is 12.4. The predicted molar refractivity (Wildman–Crippen MR) is 196 cm³/mol. The van der Waals surface area contributed by atoms with Gasteiger partial charge in [-0.3, -0.25) is 4.98 Å². The molecule has 3 N–H and O–H groups in total. The Kier molecular flexibility index (Phi) is 12.0. The van der Waals surface area contributed by atoms with Gasteiger partial charge in [-0.1, -0.05) is 110 Å². The maximum Gasteiger partial charge on any atom is 0.315 e. The smallest absolute Gasteiger partial charge is 0.315 e. The lowest BCUT2D eigenvalue weighted by Gasteiger charge is -2.42. The third-order valence-corrected chi connectivity index (χ3v) is 9.28. The van der Waals surface area contributed by atoms with Crippen molar-refractivity contribution in [2.24, 2.45) is 5.92 Å². The first-order chi connectivity index (χ1) is 24.4. The van der Waals surface area contributed by atoms with Crippen LogP contribution in [-0.2, 0) is 35.6 Å². The number of carbonyl (C=O) groups is 1. The number of amides is 2.